The van der Waals surface area contributed by atoms with Crippen LogP contribution < -0.4 is 0 Å². The second kappa shape index (κ2) is 6.13. The van der Waals surface area contributed by atoms with Crippen molar-refractivity contribution in [3.63, 3.8) is 0 Å². The van der Waals surface area contributed by atoms with Crippen molar-refractivity contribution >= 4 is 6.08 Å². The van der Waals surface area contributed by atoms with Crippen LogP contribution in [0.25, 0.3) is 0 Å². The van der Waals surface area contributed by atoms with Crippen molar-refractivity contribution in [2.75, 3.05) is 20.1 Å². The van der Waals surface area contributed by atoms with Gasteiger partial charge in [-0.3, -0.25) is 0 Å². The van der Waals surface area contributed by atoms with Gasteiger partial charge in [-0.25, -0.2) is 4.79 Å². The predicted octanol–water partition coefficient (Wildman–Crippen LogP) is 3.60. The molecule has 0 amide bonds. The molecule has 3 rings (SSSR count). The van der Waals surface area contributed by atoms with Crippen LogP contribution in [-0.2, 0) is 10.3 Å². The van der Waals surface area contributed by atoms with Crippen molar-refractivity contribution in [3.8, 4) is 0 Å². The number of nitrogens with zero attached hydrogens (tertiary/aromatic N) is 2. The number of hydrogen-bond donors (Lipinski definition) is 0. The minimum Gasteiger partial charge on any atom is -0.306 e. The third kappa shape index (κ3) is 2.81. The fourth-order valence-electron chi connectivity index (χ4n) is 3.87. The number of isocyanates is 1. The van der Waals surface area contributed by atoms with E-state index in [2.05, 4.69) is 41.2 Å². The summed E-state index contributed by atoms with van der Waals surface area (Å²) in [7, 11) is 2.21. The molecule has 1 aliphatic carbocycles. The fraction of sp³-hybridized carbons (Fsp3) is 0.611. The Morgan fingerprint density at radius 1 is 1.19 bits per heavy atom. The van der Waals surface area contributed by atoms with Crippen LogP contribution in [-0.4, -0.2) is 31.1 Å². The fourth-order valence-corrected chi connectivity index (χ4v) is 3.87. The molecule has 1 aromatic rings. The Morgan fingerprint density at radius 3 is 2.71 bits per heavy atom. The number of carbonyl (C=O) groups excluding carboxylic acids is 1. The summed E-state index contributed by atoms with van der Waals surface area (Å²) >= 11 is 0. The molecular formula is C18H24N2O. The van der Waals surface area contributed by atoms with Gasteiger partial charge in [0.05, 0.1) is 5.54 Å². The Bertz CT molecular complexity index is 544. The molecule has 1 aromatic carbocycles. The van der Waals surface area contributed by atoms with Crippen LogP contribution in [0.5, 0.6) is 0 Å². The SMILES string of the molecule is CN1CCCC(c2ccccc2C2(N=C=O)CCC2)CC1. The van der Waals surface area contributed by atoms with E-state index >= 15 is 0 Å². The first kappa shape index (κ1) is 14.5. The molecule has 0 aromatic heterocycles. The lowest BCUT2D eigenvalue weighted by molar-refractivity contribution is 0.252. The molecule has 0 radical (unpaired) electrons. The molecule has 1 unspecified atom stereocenters. The first-order chi connectivity index (χ1) is 10.2. The molecule has 21 heavy (non-hydrogen) atoms. The number of aliphatic imine (C=N–C) groups is 1. The molecule has 3 nitrogen and oxygen atoms in total. The molecular weight excluding hydrogens is 260 g/mol. The van der Waals surface area contributed by atoms with Gasteiger partial charge in [-0.1, -0.05) is 24.3 Å². The average molecular weight is 284 g/mol. The first-order valence-electron chi connectivity index (χ1n) is 8.12. The summed E-state index contributed by atoms with van der Waals surface area (Å²) < 4.78 is 0. The van der Waals surface area contributed by atoms with Gasteiger partial charge in [0, 0.05) is 0 Å². The van der Waals surface area contributed by atoms with Gasteiger partial charge < -0.3 is 4.90 Å². The molecule has 112 valence electrons. The quantitative estimate of drug-likeness (QED) is 0.627. The van der Waals surface area contributed by atoms with Crippen molar-refractivity contribution < 1.29 is 4.79 Å². The monoisotopic (exact) mass is 284 g/mol. The van der Waals surface area contributed by atoms with Crippen LogP contribution in [0.1, 0.15) is 55.6 Å². The highest BCUT2D eigenvalue weighted by molar-refractivity contribution is 5.43. The van der Waals surface area contributed by atoms with Crippen LogP contribution in [0.15, 0.2) is 29.3 Å². The van der Waals surface area contributed by atoms with Crippen molar-refractivity contribution in [1.29, 1.82) is 0 Å². The third-order valence-corrected chi connectivity index (χ3v) is 5.29. The molecule has 1 saturated heterocycles. The van der Waals surface area contributed by atoms with E-state index in [1.807, 2.05) is 6.08 Å². The van der Waals surface area contributed by atoms with Crippen molar-refractivity contribution in [3.05, 3.63) is 35.4 Å². The van der Waals surface area contributed by atoms with Gasteiger partial charge in [0.15, 0.2) is 0 Å². The minimum absolute atomic E-state index is 0.267. The minimum atomic E-state index is -0.267. The topological polar surface area (TPSA) is 32.7 Å². The van der Waals surface area contributed by atoms with E-state index in [1.165, 1.54) is 36.9 Å². The Labute approximate surface area is 127 Å². The summed E-state index contributed by atoms with van der Waals surface area (Å²) in [6.45, 7) is 2.35. The van der Waals surface area contributed by atoms with Gasteiger partial charge in [-0.15, -0.1) is 0 Å². The van der Waals surface area contributed by atoms with Crippen LogP contribution in [0.4, 0.5) is 0 Å². The van der Waals surface area contributed by atoms with E-state index in [0.717, 1.165) is 25.8 Å². The zero-order valence-corrected chi connectivity index (χ0v) is 12.8. The van der Waals surface area contributed by atoms with Gasteiger partial charge in [0.1, 0.15) is 0 Å². The average Bonchev–Trinajstić information content (AvgIpc) is 2.68. The van der Waals surface area contributed by atoms with Crippen molar-refractivity contribution in [2.45, 2.75) is 50.0 Å². The molecule has 2 fully saturated rings. The van der Waals surface area contributed by atoms with E-state index in [0.29, 0.717) is 5.92 Å². The Morgan fingerprint density at radius 2 is 2.00 bits per heavy atom. The normalized spacial score (nSPS) is 25.5. The van der Waals surface area contributed by atoms with E-state index in [-0.39, 0.29) is 5.54 Å². The molecule has 3 heteroatoms. The highest BCUT2D eigenvalue weighted by atomic mass is 16.1. The zero-order valence-electron chi connectivity index (χ0n) is 12.8. The van der Waals surface area contributed by atoms with Crippen molar-refractivity contribution in [2.24, 2.45) is 4.99 Å². The second-order valence-electron chi connectivity index (χ2n) is 6.61. The largest absolute Gasteiger partial charge is 0.306 e. The van der Waals surface area contributed by atoms with E-state index in [4.69, 9.17) is 0 Å². The van der Waals surface area contributed by atoms with Gasteiger partial charge in [-0.05, 0) is 75.7 Å². The highest BCUT2D eigenvalue weighted by Crippen LogP contribution is 2.48. The maximum atomic E-state index is 10.9. The van der Waals surface area contributed by atoms with Crippen LogP contribution in [0.2, 0.25) is 0 Å². The van der Waals surface area contributed by atoms with E-state index in [9.17, 15) is 4.79 Å². The van der Waals surface area contributed by atoms with E-state index < -0.39 is 0 Å². The lowest BCUT2D eigenvalue weighted by atomic mass is 9.69. The number of hydrogen-bond acceptors (Lipinski definition) is 3. The maximum absolute atomic E-state index is 10.9. The van der Waals surface area contributed by atoms with Crippen LogP contribution >= 0.6 is 0 Å². The summed E-state index contributed by atoms with van der Waals surface area (Å²) in [5.41, 5.74) is 2.44. The van der Waals surface area contributed by atoms with Crippen LogP contribution in [0.3, 0.4) is 0 Å². The molecule has 0 N–H and O–H groups in total. The number of rotatable bonds is 3. The van der Waals surface area contributed by atoms with Gasteiger partial charge in [0.2, 0.25) is 6.08 Å². The zero-order chi connectivity index (χ0) is 14.7. The molecule has 1 saturated carbocycles. The molecule has 1 atom stereocenters. The summed E-state index contributed by atoms with van der Waals surface area (Å²) in [6, 6.07) is 8.65. The standard InChI is InChI=1S/C18H24N2O/c1-20-12-4-6-15(9-13-20)16-7-2-3-8-17(16)18(19-14-21)10-5-11-18/h2-3,7-8,15H,4-6,9-13H2,1H3. The van der Waals surface area contributed by atoms with Crippen LogP contribution in [0, 0.1) is 0 Å². The van der Waals surface area contributed by atoms with E-state index in [1.54, 1.807) is 0 Å². The Balaban J connectivity index is 1.94. The lowest BCUT2D eigenvalue weighted by Crippen LogP contribution is -2.33. The molecule has 1 aliphatic heterocycles. The molecule has 0 bridgehead atoms. The van der Waals surface area contributed by atoms with Gasteiger partial charge in [-0.2, -0.15) is 4.99 Å². The third-order valence-electron chi connectivity index (χ3n) is 5.29. The smallest absolute Gasteiger partial charge is 0.235 e. The highest BCUT2D eigenvalue weighted by Gasteiger charge is 2.41. The van der Waals surface area contributed by atoms with Crippen molar-refractivity contribution in [1.82, 2.24) is 4.90 Å². The Hall–Kier alpha value is -1.44. The molecule has 1 heterocycles. The summed E-state index contributed by atoms with van der Waals surface area (Å²) in [5.74, 6) is 0.602. The summed E-state index contributed by atoms with van der Waals surface area (Å²) in [6.07, 6.45) is 8.66. The molecule has 0 spiro atoms. The summed E-state index contributed by atoms with van der Waals surface area (Å²) in [5, 5.41) is 0. The van der Waals surface area contributed by atoms with Gasteiger partial charge >= 0.3 is 0 Å². The van der Waals surface area contributed by atoms with Gasteiger partial charge in [0.25, 0.3) is 0 Å². The molecule has 2 aliphatic rings. The number of benzene rings is 1. The number of likely N-dealkylation sites (tertiary alicyclic amines) is 1. The first-order valence-corrected chi connectivity index (χ1v) is 8.12. The second-order valence-corrected chi connectivity index (χ2v) is 6.61. The summed E-state index contributed by atoms with van der Waals surface area (Å²) in [4.78, 5) is 17.5. The predicted molar refractivity (Wildman–Crippen MR) is 84.2 cm³/mol. The Kier molecular flexibility index (Phi) is 4.23. The lowest BCUT2D eigenvalue weighted by Gasteiger charge is -2.39. The maximum Gasteiger partial charge on any atom is 0.235 e.